The van der Waals surface area contributed by atoms with E-state index in [2.05, 4.69) is 24.5 Å². The molecule has 0 saturated heterocycles. The van der Waals surface area contributed by atoms with Crippen LogP contribution in [0.1, 0.15) is 39.5 Å². The molecule has 6 nitrogen and oxygen atoms in total. The highest BCUT2D eigenvalue weighted by atomic mass is 16.5. The van der Waals surface area contributed by atoms with Crippen LogP contribution in [0.2, 0.25) is 0 Å². The monoisotopic (exact) mass is 272 g/mol. The van der Waals surface area contributed by atoms with Crippen LogP contribution in [0.5, 0.6) is 0 Å². The maximum absolute atomic E-state index is 11.7. The van der Waals surface area contributed by atoms with Gasteiger partial charge in [0.05, 0.1) is 12.5 Å². The minimum atomic E-state index is -0.917. The Balaban J connectivity index is 2.44. The van der Waals surface area contributed by atoms with Crippen LogP contribution < -0.4 is 10.6 Å². The minimum Gasteiger partial charge on any atom is -0.481 e. The third kappa shape index (κ3) is 3.37. The molecule has 6 heteroatoms. The first-order valence-electron chi connectivity index (χ1n) is 6.79. The lowest BCUT2D eigenvalue weighted by molar-refractivity contribution is -0.136. The molecule has 1 rings (SSSR count). The molecule has 0 bridgehead atoms. The molecule has 19 heavy (non-hydrogen) atoms. The van der Waals surface area contributed by atoms with Gasteiger partial charge in [0.15, 0.2) is 0 Å². The third-order valence-electron chi connectivity index (χ3n) is 4.32. The molecule has 1 aliphatic carbocycles. The fourth-order valence-corrected chi connectivity index (χ4v) is 2.97. The van der Waals surface area contributed by atoms with E-state index in [9.17, 15) is 9.59 Å². The Morgan fingerprint density at radius 2 is 2.00 bits per heavy atom. The standard InChI is InChI=1S/C13H24N2O4/c1-4-13(5-2)9(8-10(13)19-3)15-12(18)14-7-6-11(16)17/h9-10H,4-8H2,1-3H3,(H,16,17)(H2,14,15,18). The van der Waals surface area contributed by atoms with Crippen molar-refractivity contribution in [2.45, 2.75) is 51.7 Å². The summed E-state index contributed by atoms with van der Waals surface area (Å²) in [5, 5.41) is 14.0. The van der Waals surface area contributed by atoms with Crippen molar-refractivity contribution in [1.29, 1.82) is 0 Å². The van der Waals surface area contributed by atoms with Crippen molar-refractivity contribution in [3.8, 4) is 0 Å². The molecule has 2 unspecified atom stereocenters. The molecule has 1 aliphatic rings. The van der Waals surface area contributed by atoms with E-state index in [0.29, 0.717) is 0 Å². The fraction of sp³-hybridized carbons (Fsp3) is 0.846. The van der Waals surface area contributed by atoms with Gasteiger partial charge in [0, 0.05) is 25.1 Å². The van der Waals surface area contributed by atoms with Gasteiger partial charge in [-0.1, -0.05) is 13.8 Å². The van der Waals surface area contributed by atoms with Crippen molar-refractivity contribution < 1.29 is 19.4 Å². The predicted octanol–water partition coefficient (Wildman–Crippen LogP) is 1.35. The van der Waals surface area contributed by atoms with Crippen molar-refractivity contribution in [2.24, 2.45) is 5.41 Å². The number of hydrogen-bond acceptors (Lipinski definition) is 3. The maximum Gasteiger partial charge on any atom is 0.315 e. The van der Waals surface area contributed by atoms with Crippen LogP contribution in [0.4, 0.5) is 4.79 Å². The second-order valence-electron chi connectivity index (χ2n) is 5.00. The Labute approximate surface area is 113 Å². The van der Waals surface area contributed by atoms with Gasteiger partial charge >= 0.3 is 12.0 Å². The molecule has 0 spiro atoms. The Morgan fingerprint density at radius 1 is 1.37 bits per heavy atom. The predicted molar refractivity (Wildman–Crippen MR) is 71.0 cm³/mol. The first kappa shape index (κ1) is 15.8. The number of ether oxygens (including phenoxy) is 1. The van der Waals surface area contributed by atoms with Crippen molar-refractivity contribution in [1.82, 2.24) is 10.6 Å². The summed E-state index contributed by atoms with van der Waals surface area (Å²) in [6.07, 6.45) is 2.83. The summed E-state index contributed by atoms with van der Waals surface area (Å²) in [7, 11) is 1.70. The van der Waals surface area contributed by atoms with E-state index in [-0.39, 0.29) is 36.6 Å². The largest absolute Gasteiger partial charge is 0.481 e. The number of nitrogens with one attached hydrogen (secondary N) is 2. The molecule has 0 aromatic heterocycles. The fourth-order valence-electron chi connectivity index (χ4n) is 2.97. The number of carboxylic acid groups (broad SMARTS) is 1. The number of amides is 2. The van der Waals surface area contributed by atoms with E-state index >= 15 is 0 Å². The van der Waals surface area contributed by atoms with Gasteiger partial charge in [-0.2, -0.15) is 0 Å². The van der Waals surface area contributed by atoms with Crippen LogP contribution in [0, 0.1) is 5.41 Å². The van der Waals surface area contributed by atoms with Crippen LogP contribution in [0.3, 0.4) is 0 Å². The summed E-state index contributed by atoms with van der Waals surface area (Å²) in [4.78, 5) is 22.0. The normalized spacial score (nSPS) is 24.4. The quantitative estimate of drug-likeness (QED) is 0.653. The van der Waals surface area contributed by atoms with Gasteiger partial charge in [-0.15, -0.1) is 0 Å². The molecular formula is C13H24N2O4. The van der Waals surface area contributed by atoms with Crippen molar-refractivity contribution in [3.05, 3.63) is 0 Å². The number of hydrogen-bond donors (Lipinski definition) is 3. The number of methoxy groups -OCH3 is 1. The average molecular weight is 272 g/mol. The topological polar surface area (TPSA) is 87.7 Å². The summed E-state index contributed by atoms with van der Waals surface area (Å²) in [5.74, 6) is -0.917. The highest BCUT2D eigenvalue weighted by Gasteiger charge is 2.53. The van der Waals surface area contributed by atoms with Crippen molar-refractivity contribution >= 4 is 12.0 Å². The summed E-state index contributed by atoms with van der Waals surface area (Å²) >= 11 is 0. The Hall–Kier alpha value is -1.30. The molecule has 0 aliphatic heterocycles. The molecule has 2 amide bonds. The Kier molecular flexibility index (Phi) is 5.60. The highest BCUT2D eigenvalue weighted by molar-refractivity contribution is 5.75. The van der Waals surface area contributed by atoms with E-state index in [4.69, 9.17) is 9.84 Å². The number of carbonyl (C=O) groups is 2. The zero-order valence-corrected chi connectivity index (χ0v) is 11.9. The van der Waals surface area contributed by atoms with Gasteiger partial charge in [-0.05, 0) is 19.3 Å². The van der Waals surface area contributed by atoms with E-state index < -0.39 is 5.97 Å². The smallest absolute Gasteiger partial charge is 0.315 e. The molecule has 2 atom stereocenters. The second kappa shape index (κ2) is 6.75. The Morgan fingerprint density at radius 3 is 2.47 bits per heavy atom. The van der Waals surface area contributed by atoms with E-state index in [0.717, 1.165) is 19.3 Å². The van der Waals surface area contributed by atoms with E-state index in [1.54, 1.807) is 7.11 Å². The van der Waals surface area contributed by atoms with E-state index in [1.165, 1.54) is 0 Å². The van der Waals surface area contributed by atoms with Gasteiger partial charge < -0.3 is 20.5 Å². The minimum absolute atomic E-state index is 0.00110. The van der Waals surface area contributed by atoms with Gasteiger partial charge in [-0.25, -0.2) is 4.79 Å². The van der Waals surface area contributed by atoms with Crippen LogP contribution in [0.25, 0.3) is 0 Å². The molecule has 1 fully saturated rings. The third-order valence-corrected chi connectivity index (χ3v) is 4.32. The van der Waals surface area contributed by atoms with Gasteiger partial charge in [0.1, 0.15) is 0 Å². The lowest BCUT2D eigenvalue weighted by Crippen LogP contribution is -2.65. The zero-order chi connectivity index (χ0) is 14.5. The molecule has 0 radical (unpaired) electrons. The molecule has 110 valence electrons. The van der Waals surface area contributed by atoms with Crippen LogP contribution in [-0.4, -0.2) is 42.9 Å². The number of carboxylic acids is 1. The first-order chi connectivity index (χ1) is 9.00. The average Bonchev–Trinajstić information content (AvgIpc) is 2.35. The molecular weight excluding hydrogens is 248 g/mol. The van der Waals surface area contributed by atoms with Crippen LogP contribution in [0.15, 0.2) is 0 Å². The maximum atomic E-state index is 11.7. The van der Waals surface area contributed by atoms with Crippen LogP contribution >= 0.6 is 0 Å². The number of aliphatic carboxylic acids is 1. The number of carbonyl (C=O) groups excluding carboxylic acids is 1. The lowest BCUT2D eigenvalue weighted by atomic mass is 9.58. The van der Waals surface area contributed by atoms with E-state index in [1.807, 2.05) is 0 Å². The molecule has 3 N–H and O–H groups in total. The lowest BCUT2D eigenvalue weighted by Gasteiger charge is -2.54. The molecule has 0 aromatic rings. The summed E-state index contributed by atoms with van der Waals surface area (Å²) in [6.45, 7) is 4.35. The van der Waals surface area contributed by atoms with Crippen LogP contribution in [-0.2, 0) is 9.53 Å². The van der Waals surface area contributed by atoms with Gasteiger partial charge in [0.2, 0.25) is 0 Å². The van der Waals surface area contributed by atoms with Crippen molar-refractivity contribution in [3.63, 3.8) is 0 Å². The molecule has 0 aromatic carbocycles. The summed E-state index contributed by atoms with van der Waals surface area (Å²) in [5.41, 5.74) is -0.00110. The number of urea groups is 1. The first-order valence-corrected chi connectivity index (χ1v) is 6.79. The SMILES string of the molecule is CCC1(CC)C(NC(=O)NCCC(=O)O)CC1OC. The highest BCUT2D eigenvalue weighted by Crippen LogP contribution is 2.48. The summed E-state index contributed by atoms with van der Waals surface area (Å²) < 4.78 is 5.46. The van der Waals surface area contributed by atoms with Gasteiger partial charge in [-0.3, -0.25) is 4.79 Å². The summed E-state index contributed by atoms with van der Waals surface area (Å²) in [6, 6.07) is -0.204. The Bertz CT molecular complexity index is 329. The molecule has 0 heterocycles. The van der Waals surface area contributed by atoms with Gasteiger partial charge in [0.25, 0.3) is 0 Å². The zero-order valence-electron chi connectivity index (χ0n) is 11.9. The number of rotatable bonds is 7. The second-order valence-corrected chi connectivity index (χ2v) is 5.00. The van der Waals surface area contributed by atoms with Crippen molar-refractivity contribution in [2.75, 3.05) is 13.7 Å². The molecule has 1 saturated carbocycles.